The fourth-order valence-corrected chi connectivity index (χ4v) is 3.52. The van der Waals surface area contributed by atoms with E-state index < -0.39 is 17.8 Å². The normalized spacial score (nSPS) is 12.8. The number of carbonyl (C=O) groups excluding carboxylic acids is 1. The molecule has 0 radical (unpaired) electrons. The summed E-state index contributed by atoms with van der Waals surface area (Å²) in [5, 5.41) is 13.4. The topological polar surface area (TPSA) is 85.6 Å². The number of amides is 1. The van der Waals surface area contributed by atoms with E-state index >= 15 is 0 Å². The van der Waals surface area contributed by atoms with E-state index in [2.05, 4.69) is 10.3 Å². The molecule has 3 rings (SSSR count). The van der Waals surface area contributed by atoms with Crippen molar-refractivity contribution in [1.82, 2.24) is 14.9 Å². The molecule has 0 fully saturated rings. The van der Waals surface area contributed by atoms with Gasteiger partial charge in [0.15, 0.2) is 0 Å². The number of ether oxygens (including phenoxy) is 2. The lowest BCUT2D eigenvalue weighted by atomic mass is 9.99. The van der Waals surface area contributed by atoms with Crippen LogP contribution in [0.1, 0.15) is 35.4 Å². The number of phenolic OH excluding ortho intramolecular Hbond substituents is 1. The molecule has 2 aromatic heterocycles. The average molecular weight is 465 g/mol. The molecular formula is C23H26F3N3O4. The Morgan fingerprint density at radius 2 is 2.00 bits per heavy atom. The van der Waals surface area contributed by atoms with Gasteiger partial charge in [-0.3, -0.25) is 4.79 Å². The maximum atomic E-state index is 13.1. The van der Waals surface area contributed by atoms with Crippen molar-refractivity contribution in [3.05, 3.63) is 59.0 Å². The molecule has 0 aliphatic carbocycles. The van der Waals surface area contributed by atoms with E-state index in [4.69, 9.17) is 9.47 Å². The van der Waals surface area contributed by atoms with Crippen LogP contribution in [-0.4, -0.2) is 40.9 Å². The second kappa shape index (κ2) is 10.2. The molecule has 0 saturated carbocycles. The Bertz CT molecular complexity index is 1130. The minimum absolute atomic E-state index is 0.00665. The van der Waals surface area contributed by atoms with Crippen molar-refractivity contribution >= 4 is 16.8 Å². The van der Waals surface area contributed by atoms with Crippen LogP contribution in [0.5, 0.6) is 5.75 Å². The summed E-state index contributed by atoms with van der Waals surface area (Å²) in [5.41, 5.74) is 1.10. The summed E-state index contributed by atoms with van der Waals surface area (Å²) in [5.74, 6) is -0.771. The molecule has 0 spiro atoms. The third-order valence-corrected chi connectivity index (χ3v) is 5.35. The van der Waals surface area contributed by atoms with Crippen LogP contribution in [0.2, 0.25) is 0 Å². The highest BCUT2D eigenvalue weighted by atomic mass is 19.4. The molecule has 0 aliphatic heterocycles. The molecule has 1 atom stereocenters. The number of pyridine rings is 1. The minimum atomic E-state index is -4.59. The molecular weight excluding hydrogens is 439 g/mol. The molecule has 1 unspecified atom stereocenters. The highest BCUT2D eigenvalue weighted by Gasteiger charge is 2.33. The van der Waals surface area contributed by atoms with Crippen LogP contribution in [0.4, 0.5) is 13.2 Å². The minimum Gasteiger partial charge on any atom is -0.508 e. The summed E-state index contributed by atoms with van der Waals surface area (Å²) in [6.07, 6.45) is -2.76. The number of fused-ring (bicyclic) bond motifs is 1. The highest BCUT2D eigenvalue weighted by Crippen LogP contribution is 2.31. The van der Waals surface area contributed by atoms with Gasteiger partial charge in [-0.2, -0.15) is 13.2 Å². The van der Waals surface area contributed by atoms with Gasteiger partial charge in [-0.15, -0.1) is 0 Å². The summed E-state index contributed by atoms with van der Waals surface area (Å²) in [6.45, 7) is 2.08. The van der Waals surface area contributed by atoms with Crippen LogP contribution in [0.15, 0.2) is 36.5 Å². The van der Waals surface area contributed by atoms with Crippen LogP contribution in [-0.2, 0) is 40.6 Å². The maximum absolute atomic E-state index is 13.1. The smallest absolute Gasteiger partial charge is 0.433 e. The Morgan fingerprint density at radius 3 is 2.70 bits per heavy atom. The van der Waals surface area contributed by atoms with Gasteiger partial charge >= 0.3 is 6.18 Å². The number of aryl methyl sites for hydroxylation is 1. The Kier molecular flexibility index (Phi) is 7.60. The van der Waals surface area contributed by atoms with Gasteiger partial charge < -0.3 is 24.5 Å². The van der Waals surface area contributed by atoms with Crippen molar-refractivity contribution in [2.45, 2.75) is 32.2 Å². The molecule has 178 valence electrons. The Morgan fingerprint density at radius 1 is 1.24 bits per heavy atom. The molecule has 7 nitrogen and oxygen atoms in total. The summed E-state index contributed by atoms with van der Waals surface area (Å²) < 4.78 is 51.4. The molecule has 0 saturated heterocycles. The number of alkyl halides is 3. The molecule has 2 N–H and O–H groups in total. The average Bonchev–Trinajstić information content (AvgIpc) is 3.09. The van der Waals surface area contributed by atoms with E-state index in [1.165, 1.54) is 13.2 Å². The first-order valence-corrected chi connectivity index (χ1v) is 10.3. The van der Waals surface area contributed by atoms with E-state index in [0.29, 0.717) is 12.2 Å². The second-order valence-electron chi connectivity index (χ2n) is 7.68. The number of hydrogen-bond acceptors (Lipinski definition) is 5. The van der Waals surface area contributed by atoms with Crippen molar-refractivity contribution in [2.75, 3.05) is 20.3 Å². The van der Waals surface area contributed by atoms with Gasteiger partial charge in [0, 0.05) is 37.8 Å². The van der Waals surface area contributed by atoms with Gasteiger partial charge in [0.1, 0.15) is 11.4 Å². The number of benzene rings is 1. The van der Waals surface area contributed by atoms with Crippen LogP contribution >= 0.6 is 0 Å². The first kappa shape index (κ1) is 24.5. The van der Waals surface area contributed by atoms with Crippen LogP contribution < -0.4 is 5.32 Å². The standard InChI is InChI=1S/C23H26F3N3O4/c1-14(18-12-29(2)20-6-5-16(30)10-17(18)20)22(31)27-11-15-4-7-21(23(24,25)26)28-19(15)13-33-9-8-32-3/h4-7,10,12,14,30H,8-9,11,13H2,1-3H3,(H,27,31). The first-order chi connectivity index (χ1) is 15.6. The number of aromatic nitrogens is 2. The van der Waals surface area contributed by atoms with Crippen LogP contribution in [0.3, 0.4) is 0 Å². The van der Waals surface area contributed by atoms with Crippen LogP contribution in [0, 0.1) is 0 Å². The van der Waals surface area contributed by atoms with Crippen molar-refractivity contribution in [3.8, 4) is 5.75 Å². The number of nitrogens with one attached hydrogen (secondary N) is 1. The van der Waals surface area contributed by atoms with E-state index in [-0.39, 0.29) is 37.1 Å². The van der Waals surface area contributed by atoms with Gasteiger partial charge in [-0.05, 0) is 42.3 Å². The number of aromatic hydroxyl groups is 1. The summed E-state index contributed by atoms with van der Waals surface area (Å²) >= 11 is 0. The largest absolute Gasteiger partial charge is 0.508 e. The van der Waals surface area contributed by atoms with Crippen molar-refractivity contribution in [2.24, 2.45) is 7.05 Å². The summed E-state index contributed by atoms with van der Waals surface area (Å²) in [4.78, 5) is 16.6. The quantitative estimate of drug-likeness (QED) is 0.469. The van der Waals surface area contributed by atoms with Crippen molar-refractivity contribution in [3.63, 3.8) is 0 Å². The fraction of sp³-hybridized carbons (Fsp3) is 0.391. The maximum Gasteiger partial charge on any atom is 0.433 e. The molecule has 0 aliphatic rings. The molecule has 0 bridgehead atoms. The molecule has 2 heterocycles. The lowest BCUT2D eigenvalue weighted by Crippen LogP contribution is -2.28. The van der Waals surface area contributed by atoms with Gasteiger partial charge in [0.25, 0.3) is 0 Å². The fourth-order valence-electron chi connectivity index (χ4n) is 3.52. The van der Waals surface area contributed by atoms with Crippen LogP contribution in [0.25, 0.3) is 10.9 Å². The van der Waals surface area contributed by atoms with Gasteiger partial charge in [0.05, 0.1) is 31.4 Å². The number of nitrogens with zero attached hydrogens (tertiary/aromatic N) is 2. The Balaban J connectivity index is 1.76. The summed E-state index contributed by atoms with van der Waals surface area (Å²) in [6, 6.07) is 7.12. The second-order valence-corrected chi connectivity index (χ2v) is 7.68. The lowest BCUT2D eigenvalue weighted by Gasteiger charge is -2.15. The van der Waals surface area contributed by atoms with Gasteiger partial charge in [-0.25, -0.2) is 4.98 Å². The van der Waals surface area contributed by atoms with Crippen molar-refractivity contribution in [1.29, 1.82) is 0 Å². The summed E-state index contributed by atoms with van der Waals surface area (Å²) in [7, 11) is 3.34. The Labute approximate surface area is 189 Å². The molecule has 1 aromatic carbocycles. The monoisotopic (exact) mass is 465 g/mol. The zero-order valence-electron chi connectivity index (χ0n) is 18.6. The predicted molar refractivity (Wildman–Crippen MR) is 116 cm³/mol. The molecule has 1 amide bonds. The van der Waals surface area contributed by atoms with E-state index in [1.54, 1.807) is 25.1 Å². The number of halogens is 3. The van der Waals surface area contributed by atoms with Gasteiger partial charge in [-0.1, -0.05) is 6.07 Å². The third-order valence-electron chi connectivity index (χ3n) is 5.35. The molecule has 10 heteroatoms. The number of phenols is 1. The van der Waals surface area contributed by atoms with E-state index in [0.717, 1.165) is 22.5 Å². The number of hydrogen-bond donors (Lipinski definition) is 2. The molecule has 3 aromatic rings. The number of rotatable bonds is 9. The third kappa shape index (κ3) is 5.82. The zero-order chi connectivity index (χ0) is 24.2. The SMILES string of the molecule is COCCOCc1nc(C(F)(F)F)ccc1CNC(=O)C(C)c1cn(C)c2ccc(O)cc12. The van der Waals surface area contributed by atoms with E-state index in [9.17, 15) is 23.1 Å². The van der Waals surface area contributed by atoms with E-state index in [1.807, 2.05) is 17.8 Å². The van der Waals surface area contributed by atoms with Crippen molar-refractivity contribution < 1.29 is 32.5 Å². The first-order valence-electron chi connectivity index (χ1n) is 10.3. The predicted octanol–water partition coefficient (Wildman–Crippen LogP) is 3.88. The highest BCUT2D eigenvalue weighted by molar-refractivity contribution is 5.92. The molecule has 33 heavy (non-hydrogen) atoms. The lowest BCUT2D eigenvalue weighted by molar-refractivity contribution is -0.141. The zero-order valence-corrected chi connectivity index (χ0v) is 18.6. The Hall–Kier alpha value is -3.11. The van der Waals surface area contributed by atoms with Gasteiger partial charge in [0.2, 0.25) is 5.91 Å². The number of carbonyl (C=O) groups is 1. The number of methoxy groups -OCH3 is 1.